The number of carbonyl (C=O) groups is 2. The number of imide groups is 1. The Labute approximate surface area is 89.0 Å². The molecule has 1 N–H and O–H groups in total. The molecule has 82 valence electrons. The second-order valence-electron chi connectivity index (χ2n) is 5.16. The standard InChI is InChI=1S/C11H16N2O2/c14-9-3-6-13(10(15)12-9)7-11(4-5-11)8-1-2-8/h8H,1-7H2,(H,12,14,15). The largest absolute Gasteiger partial charge is 0.324 e. The van der Waals surface area contributed by atoms with E-state index in [0.717, 1.165) is 12.5 Å². The summed E-state index contributed by atoms with van der Waals surface area (Å²) < 4.78 is 0. The van der Waals surface area contributed by atoms with Gasteiger partial charge in [0.05, 0.1) is 0 Å². The Morgan fingerprint density at radius 2 is 2.07 bits per heavy atom. The first-order valence-corrected chi connectivity index (χ1v) is 5.78. The Hall–Kier alpha value is -1.06. The Morgan fingerprint density at radius 1 is 1.33 bits per heavy atom. The number of hydrogen-bond acceptors (Lipinski definition) is 2. The quantitative estimate of drug-likeness (QED) is 0.755. The van der Waals surface area contributed by atoms with Crippen LogP contribution in [-0.4, -0.2) is 29.9 Å². The lowest BCUT2D eigenvalue weighted by Gasteiger charge is -2.30. The van der Waals surface area contributed by atoms with Crippen LogP contribution in [0.4, 0.5) is 4.79 Å². The van der Waals surface area contributed by atoms with Gasteiger partial charge in [0, 0.05) is 19.5 Å². The second-order valence-corrected chi connectivity index (χ2v) is 5.16. The van der Waals surface area contributed by atoms with Gasteiger partial charge in [0.25, 0.3) is 0 Å². The van der Waals surface area contributed by atoms with Crippen LogP contribution in [0.1, 0.15) is 32.1 Å². The number of hydrogen-bond donors (Lipinski definition) is 1. The number of amides is 3. The SMILES string of the molecule is O=C1CCN(CC2(C3CC3)CC2)C(=O)N1. The molecule has 3 fully saturated rings. The van der Waals surface area contributed by atoms with Crippen molar-refractivity contribution in [3.8, 4) is 0 Å². The van der Waals surface area contributed by atoms with Crippen LogP contribution in [0.15, 0.2) is 0 Å². The molecule has 1 saturated heterocycles. The Bertz CT molecular complexity index is 319. The maximum Gasteiger partial charge on any atom is 0.324 e. The average molecular weight is 208 g/mol. The zero-order chi connectivity index (χ0) is 10.5. The van der Waals surface area contributed by atoms with Gasteiger partial charge in [-0.05, 0) is 37.0 Å². The zero-order valence-electron chi connectivity index (χ0n) is 8.79. The summed E-state index contributed by atoms with van der Waals surface area (Å²) in [5, 5.41) is 2.39. The molecular weight excluding hydrogens is 192 g/mol. The third-order valence-corrected chi connectivity index (χ3v) is 3.98. The number of carbonyl (C=O) groups excluding carboxylic acids is 2. The Kier molecular flexibility index (Phi) is 1.82. The molecule has 4 heteroatoms. The molecule has 0 aromatic heterocycles. The van der Waals surface area contributed by atoms with Gasteiger partial charge in [0.2, 0.25) is 5.91 Å². The van der Waals surface area contributed by atoms with Crippen molar-refractivity contribution in [1.82, 2.24) is 10.2 Å². The first-order chi connectivity index (χ1) is 7.20. The van der Waals surface area contributed by atoms with E-state index in [4.69, 9.17) is 0 Å². The van der Waals surface area contributed by atoms with E-state index in [0.29, 0.717) is 18.4 Å². The Balaban J connectivity index is 1.63. The van der Waals surface area contributed by atoms with Crippen molar-refractivity contribution >= 4 is 11.9 Å². The van der Waals surface area contributed by atoms with Crippen LogP contribution in [-0.2, 0) is 4.79 Å². The van der Waals surface area contributed by atoms with Crippen molar-refractivity contribution < 1.29 is 9.59 Å². The predicted molar refractivity (Wildman–Crippen MR) is 54.1 cm³/mol. The molecule has 0 bridgehead atoms. The zero-order valence-corrected chi connectivity index (χ0v) is 8.79. The molecule has 4 nitrogen and oxygen atoms in total. The summed E-state index contributed by atoms with van der Waals surface area (Å²) in [6, 6.07) is -0.182. The van der Waals surface area contributed by atoms with Crippen molar-refractivity contribution in [2.24, 2.45) is 11.3 Å². The van der Waals surface area contributed by atoms with Gasteiger partial charge in [0.1, 0.15) is 0 Å². The van der Waals surface area contributed by atoms with Crippen molar-refractivity contribution in [3.05, 3.63) is 0 Å². The summed E-state index contributed by atoms with van der Waals surface area (Å²) in [5.74, 6) is 0.732. The summed E-state index contributed by atoms with van der Waals surface area (Å²) in [4.78, 5) is 24.4. The molecule has 3 rings (SSSR count). The molecule has 0 atom stereocenters. The molecule has 3 aliphatic rings. The van der Waals surface area contributed by atoms with Crippen molar-refractivity contribution in [1.29, 1.82) is 0 Å². The smallest absolute Gasteiger partial charge is 0.323 e. The van der Waals surface area contributed by atoms with Crippen LogP contribution in [0.2, 0.25) is 0 Å². The van der Waals surface area contributed by atoms with Gasteiger partial charge in [-0.2, -0.15) is 0 Å². The summed E-state index contributed by atoms with van der Waals surface area (Å²) >= 11 is 0. The molecule has 0 spiro atoms. The van der Waals surface area contributed by atoms with Crippen LogP contribution >= 0.6 is 0 Å². The monoisotopic (exact) mass is 208 g/mol. The van der Waals surface area contributed by atoms with Crippen molar-refractivity contribution in [2.45, 2.75) is 32.1 Å². The predicted octanol–water partition coefficient (Wildman–Crippen LogP) is 1.12. The lowest BCUT2D eigenvalue weighted by molar-refractivity contribution is -0.121. The third-order valence-electron chi connectivity index (χ3n) is 3.98. The van der Waals surface area contributed by atoms with E-state index < -0.39 is 0 Å². The maximum absolute atomic E-state index is 11.5. The van der Waals surface area contributed by atoms with E-state index in [1.54, 1.807) is 0 Å². The van der Waals surface area contributed by atoms with Gasteiger partial charge >= 0.3 is 6.03 Å². The van der Waals surface area contributed by atoms with Crippen LogP contribution in [0, 0.1) is 11.3 Å². The normalized spacial score (nSPS) is 28.9. The maximum atomic E-state index is 11.5. The Morgan fingerprint density at radius 3 is 2.60 bits per heavy atom. The highest BCUT2D eigenvalue weighted by atomic mass is 16.2. The van der Waals surface area contributed by atoms with Crippen LogP contribution in [0.25, 0.3) is 0 Å². The third kappa shape index (κ3) is 1.62. The fourth-order valence-electron chi connectivity index (χ4n) is 2.68. The fourth-order valence-corrected chi connectivity index (χ4v) is 2.68. The average Bonchev–Trinajstić information content (AvgIpc) is 2.99. The molecule has 0 aromatic rings. The molecule has 3 amide bonds. The van der Waals surface area contributed by atoms with Gasteiger partial charge in [0.15, 0.2) is 0 Å². The highest BCUT2D eigenvalue weighted by molar-refractivity contribution is 5.96. The van der Waals surface area contributed by atoms with Gasteiger partial charge < -0.3 is 4.90 Å². The highest BCUT2D eigenvalue weighted by Gasteiger charge is 2.54. The molecule has 0 aromatic carbocycles. The lowest BCUT2D eigenvalue weighted by Crippen LogP contribution is -2.51. The van der Waals surface area contributed by atoms with Crippen LogP contribution in [0.3, 0.4) is 0 Å². The van der Waals surface area contributed by atoms with Crippen molar-refractivity contribution in [2.75, 3.05) is 13.1 Å². The van der Waals surface area contributed by atoms with E-state index in [1.807, 2.05) is 4.90 Å². The minimum atomic E-state index is -0.182. The van der Waals surface area contributed by atoms with Crippen LogP contribution < -0.4 is 5.32 Å². The highest BCUT2D eigenvalue weighted by Crippen LogP contribution is 2.61. The van der Waals surface area contributed by atoms with Crippen LogP contribution in [0.5, 0.6) is 0 Å². The number of rotatable bonds is 3. The van der Waals surface area contributed by atoms with Gasteiger partial charge in [-0.25, -0.2) is 4.79 Å². The van der Waals surface area contributed by atoms with E-state index in [1.165, 1.54) is 25.7 Å². The van der Waals surface area contributed by atoms with Crippen molar-refractivity contribution in [3.63, 3.8) is 0 Å². The first kappa shape index (κ1) is 9.19. The van der Waals surface area contributed by atoms with Gasteiger partial charge in [-0.3, -0.25) is 10.1 Å². The molecule has 1 heterocycles. The molecule has 15 heavy (non-hydrogen) atoms. The van der Waals surface area contributed by atoms with Gasteiger partial charge in [-0.15, -0.1) is 0 Å². The lowest BCUT2D eigenvalue weighted by atomic mass is 9.99. The minimum Gasteiger partial charge on any atom is -0.323 e. The molecular formula is C11H16N2O2. The number of urea groups is 1. The number of nitrogens with zero attached hydrogens (tertiary/aromatic N) is 1. The molecule has 0 radical (unpaired) electrons. The summed E-state index contributed by atoms with van der Waals surface area (Å²) in [6.07, 6.45) is 5.69. The van der Waals surface area contributed by atoms with Gasteiger partial charge in [-0.1, -0.05) is 0 Å². The molecule has 2 aliphatic carbocycles. The van der Waals surface area contributed by atoms with E-state index in [9.17, 15) is 9.59 Å². The second kappa shape index (κ2) is 2.97. The minimum absolute atomic E-state index is 0.132. The first-order valence-electron chi connectivity index (χ1n) is 5.78. The van der Waals surface area contributed by atoms with E-state index in [-0.39, 0.29) is 11.9 Å². The molecule has 2 saturated carbocycles. The topological polar surface area (TPSA) is 49.4 Å². The van der Waals surface area contributed by atoms with E-state index >= 15 is 0 Å². The summed E-state index contributed by atoms with van der Waals surface area (Å²) in [7, 11) is 0. The molecule has 1 aliphatic heterocycles. The summed E-state index contributed by atoms with van der Waals surface area (Å²) in [5.41, 5.74) is 0.442. The number of nitrogens with one attached hydrogen (secondary N) is 1. The fraction of sp³-hybridized carbons (Fsp3) is 0.818. The molecule has 0 unspecified atom stereocenters. The summed E-state index contributed by atoms with van der Waals surface area (Å²) in [6.45, 7) is 1.48. The van der Waals surface area contributed by atoms with E-state index in [2.05, 4.69) is 5.32 Å².